The molecule has 0 atom stereocenters. The second-order valence-electron chi connectivity index (χ2n) is 28.8. The molecular weight excluding hydrogens is 1400 g/mol. The van der Waals surface area contributed by atoms with Crippen LogP contribution in [0.4, 0.5) is 68.2 Å². The molecule has 0 fully saturated rings. The second kappa shape index (κ2) is 34.1. The number of hydrogen-bond donors (Lipinski definition) is 0. The van der Waals surface area contributed by atoms with Crippen molar-refractivity contribution in [3.05, 3.63) is 497 Å². The summed E-state index contributed by atoms with van der Waals surface area (Å²) in [5, 5.41) is 2.43. The summed E-state index contributed by atoms with van der Waals surface area (Å²) >= 11 is 0. The van der Waals surface area contributed by atoms with Crippen LogP contribution in [0.15, 0.2) is 497 Å². The molecule has 0 saturated carbocycles. The van der Waals surface area contributed by atoms with Crippen molar-refractivity contribution in [1.29, 1.82) is 0 Å². The fraction of sp³-hybridized carbons (Fsp3) is 0. The molecule has 4 heteroatoms. The first-order valence-electron chi connectivity index (χ1n) is 39.6. The van der Waals surface area contributed by atoms with Crippen LogP contribution in [-0.4, -0.2) is 0 Å². The monoisotopic (exact) mass is 1480 g/mol. The molecule has 0 aliphatic heterocycles. The minimum atomic E-state index is 1.08. The number of fused-ring (bicyclic) bond motifs is 1. The number of para-hydroxylation sites is 1. The van der Waals surface area contributed by atoms with Gasteiger partial charge in [0.05, 0.1) is 5.69 Å². The third kappa shape index (κ3) is 16.1. The van der Waals surface area contributed by atoms with Gasteiger partial charge in [0, 0.05) is 67.9 Å². The Morgan fingerprint density at radius 1 is 0.0948 bits per heavy atom. The first-order valence-corrected chi connectivity index (χ1v) is 39.6. The van der Waals surface area contributed by atoms with Gasteiger partial charge in [-0.05, 0) is 234 Å². The summed E-state index contributed by atoms with van der Waals surface area (Å²) in [6, 6.07) is 178. The average molecular weight is 1480 g/mol. The van der Waals surface area contributed by atoms with Crippen LogP contribution in [0, 0.1) is 0 Å². The molecule has 0 aliphatic carbocycles. The predicted octanol–water partition coefficient (Wildman–Crippen LogP) is 31.7. The fourth-order valence-electron chi connectivity index (χ4n) is 15.6. The van der Waals surface area contributed by atoms with E-state index < -0.39 is 0 Å². The Hall–Kier alpha value is -15.4. The molecule has 116 heavy (non-hydrogen) atoms. The molecule has 4 nitrogen and oxygen atoms in total. The van der Waals surface area contributed by atoms with E-state index in [1.165, 1.54) is 88.7 Å². The van der Waals surface area contributed by atoms with E-state index in [2.05, 4.69) is 517 Å². The van der Waals surface area contributed by atoms with Crippen molar-refractivity contribution >= 4 is 79.0 Å². The summed E-state index contributed by atoms with van der Waals surface area (Å²) in [5.74, 6) is 0. The highest BCUT2D eigenvalue weighted by Gasteiger charge is 2.21. The summed E-state index contributed by atoms with van der Waals surface area (Å²) in [4.78, 5) is 9.36. The third-order valence-corrected chi connectivity index (χ3v) is 21.6. The molecule has 0 radical (unpaired) electrons. The molecule has 0 spiro atoms. The summed E-state index contributed by atoms with van der Waals surface area (Å²) in [7, 11) is 0. The molecule has 550 valence electrons. The number of benzene rings is 19. The number of rotatable bonds is 20. The van der Waals surface area contributed by atoms with E-state index in [9.17, 15) is 0 Å². The Morgan fingerprint density at radius 2 is 0.241 bits per heavy atom. The summed E-state index contributed by atoms with van der Waals surface area (Å²) in [6.45, 7) is 0. The molecule has 0 aromatic heterocycles. The molecule has 0 N–H and O–H groups in total. The van der Waals surface area contributed by atoms with E-state index >= 15 is 0 Å². The Morgan fingerprint density at radius 3 is 0.466 bits per heavy atom. The van der Waals surface area contributed by atoms with Crippen LogP contribution in [0.3, 0.4) is 0 Å². The predicted molar refractivity (Wildman–Crippen MR) is 493 cm³/mol. The first kappa shape index (κ1) is 72.2. The van der Waals surface area contributed by atoms with Crippen LogP contribution in [0.1, 0.15) is 0 Å². The van der Waals surface area contributed by atoms with Gasteiger partial charge >= 0.3 is 0 Å². The Bertz CT molecular complexity index is 5980. The van der Waals surface area contributed by atoms with E-state index in [0.29, 0.717) is 0 Å². The van der Waals surface area contributed by atoms with Crippen molar-refractivity contribution in [3.63, 3.8) is 0 Å². The molecule has 19 aromatic carbocycles. The van der Waals surface area contributed by atoms with E-state index in [0.717, 1.165) is 79.4 Å². The lowest BCUT2D eigenvalue weighted by Gasteiger charge is -2.29. The van der Waals surface area contributed by atoms with Crippen LogP contribution < -0.4 is 19.6 Å². The molecule has 0 aliphatic rings. The maximum Gasteiger partial charge on any atom is 0.0540 e. The Kier molecular flexibility index (Phi) is 21.2. The van der Waals surface area contributed by atoms with Crippen LogP contribution in [0.5, 0.6) is 0 Å². The van der Waals surface area contributed by atoms with Gasteiger partial charge in [-0.1, -0.05) is 358 Å². The average Bonchev–Trinajstić information content (AvgIpc) is 0.841. The van der Waals surface area contributed by atoms with Gasteiger partial charge < -0.3 is 19.6 Å². The van der Waals surface area contributed by atoms with Crippen molar-refractivity contribution in [2.45, 2.75) is 0 Å². The number of nitrogens with zero attached hydrogens (tertiary/aromatic N) is 4. The van der Waals surface area contributed by atoms with Crippen LogP contribution in [0.25, 0.3) is 99.8 Å². The van der Waals surface area contributed by atoms with Crippen LogP contribution in [-0.2, 0) is 0 Å². The van der Waals surface area contributed by atoms with Gasteiger partial charge in [0.1, 0.15) is 0 Å². The third-order valence-electron chi connectivity index (χ3n) is 21.6. The van der Waals surface area contributed by atoms with Gasteiger partial charge in [-0.15, -0.1) is 0 Å². The molecule has 0 bridgehead atoms. The molecule has 19 rings (SSSR count). The van der Waals surface area contributed by atoms with Gasteiger partial charge in [-0.3, -0.25) is 0 Å². The number of hydrogen-bond acceptors (Lipinski definition) is 4. The smallest absolute Gasteiger partial charge is 0.0540 e. The molecule has 0 heterocycles. The van der Waals surface area contributed by atoms with E-state index in [1.54, 1.807) is 0 Å². The van der Waals surface area contributed by atoms with E-state index in [4.69, 9.17) is 0 Å². The highest BCUT2D eigenvalue weighted by Crippen LogP contribution is 2.45. The van der Waals surface area contributed by atoms with Gasteiger partial charge in [-0.2, -0.15) is 0 Å². The van der Waals surface area contributed by atoms with Crippen molar-refractivity contribution < 1.29 is 0 Å². The normalized spacial score (nSPS) is 10.9. The molecule has 0 saturated heterocycles. The maximum absolute atomic E-state index is 2.35. The lowest BCUT2D eigenvalue weighted by Crippen LogP contribution is -2.12. The van der Waals surface area contributed by atoms with Gasteiger partial charge in [0.25, 0.3) is 0 Å². The minimum absolute atomic E-state index is 1.08. The molecular formula is C112H82N4. The van der Waals surface area contributed by atoms with Gasteiger partial charge in [0.15, 0.2) is 0 Å². The quantitative estimate of drug-likeness (QED) is 0.0754. The summed E-state index contributed by atoms with van der Waals surface area (Å²) < 4.78 is 0. The zero-order chi connectivity index (χ0) is 77.6. The Labute approximate surface area is 680 Å². The second-order valence-corrected chi connectivity index (χ2v) is 28.8. The SMILES string of the molecule is c1ccc(-c2ccc(-c3ccc(N(c4ccc(-c5ccccc5)cc4)c4ccc(N(c5ccccc5)c5cccc6ccccc56)cc4)cc3)cc2)cc1.c1ccc(-c2ccc(N(c3ccc(-c4ccccc4)cc3)c3ccc(-c4ccc(N(c5ccc(-c6ccccc6)cc5)c5ccc(-c6ccccc6)cc5)cc4)cc3)cc2)cc1. The van der Waals surface area contributed by atoms with Crippen LogP contribution in [0.2, 0.25) is 0 Å². The van der Waals surface area contributed by atoms with Crippen molar-refractivity contribution in [2.75, 3.05) is 19.6 Å². The zero-order valence-electron chi connectivity index (χ0n) is 64.1. The minimum Gasteiger partial charge on any atom is -0.311 e. The first-order chi connectivity index (χ1) is 57.5. The standard InChI is InChI=1S/C60H44N2.C52H38N2/c1-5-13-45(14-6-1)49-21-33-55(34-22-49)61(56-35-23-50(24-36-56)46-15-7-2-8-16-46)59-41-29-53(30-42-59)54-31-43-60(44-32-54)62(57-37-25-51(26-38-57)47-17-9-3-10-18-47)58-39-27-52(28-40-58)48-19-11-4-12-20-48;1-4-13-39(14-5-1)41-23-25-42(26-24-41)44-29-33-48(34-30-44)53(47-31-27-43(28-32-47)40-15-6-2-7-16-40)49-35-37-50(38-36-49)54(46-19-8-3-9-20-46)52-22-12-18-45-17-10-11-21-51(45)52/h1-44H;1-38H. The molecule has 0 unspecified atom stereocenters. The zero-order valence-corrected chi connectivity index (χ0v) is 64.1. The lowest BCUT2D eigenvalue weighted by molar-refractivity contribution is 1.26. The van der Waals surface area contributed by atoms with Crippen LogP contribution >= 0.6 is 0 Å². The van der Waals surface area contributed by atoms with E-state index in [-0.39, 0.29) is 0 Å². The summed E-state index contributed by atoms with van der Waals surface area (Å²) in [6.07, 6.45) is 0. The molecule has 0 amide bonds. The number of anilines is 12. The summed E-state index contributed by atoms with van der Waals surface area (Å²) in [5.41, 5.74) is 32.3. The van der Waals surface area contributed by atoms with Crippen molar-refractivity contribution in [2.24, 2.45) is 0 Å². The maximum atomic E-state index is 2.35. The lowest BCUT2D eigenvalue weighted by atomic mass is 10.00. The van der Waals surface area contributed by atoms with Gasteiger partial charge in [0.2, 0.25) is 0 Å². The molecule has 19 aromatic rings. The highest BCUT2D eigenvalue weighted by atomic mass is 15.2. The van der Waals surface area contributed by atoms with Crippen molar-refractivity contribution in [3.8, 4) is 89.0 Å². The topological polar surface area (TPSA) is 13.0 Å². The largest absolute Gasteiger partial charge is 0.311 e. The van der Waals surface area contributed by atoms with Gasteiger partial charge in [-0.25, -0.2) is 0 Å². The van der Waals surface area contributed by atoms with Crippen molar-refractivity contribution in [1.82, 2.24) is 0 Å². The fourth-order valence-corrected chi connectivity index (χ4v) is 15.6. The van der Waals surface area contributed by atoms with E-state index in [1.807, 2.05) is 0 Å². The Balaban J connectivity index is 0.000000162. The highest BCUT2D eigenvalue weighted by molar-refractivity contribution is 5.99.